The summed E-state index contributed by atoms with van der Waals surface area (Å²) in [6.45, 7) is 1.51. The van der Waals surface area contributed by atoms with Crippen molar-refractivity contribution in [2.45, 2.75) is 12.5 Å². The monoisotopic (exact) mass is 342 g/mol. The maximum Gasteiger partial charge on any atom is 0.248 e. The van der Waals surface area contributed by atoms with Crippen molar-refractivity contribution in [3.63, 3.8) is 0 Å². The molecular formula is C19H19FN2O3. The highest BCUT2D eigenvalue weighted by Crippen LogP contribution is 2.19. The quantitative estimate of drug-likeness (QED) is 0.701. The molecule has 0 heterocycles. The fourth-order valence-electron chi connectivity index (χ4n) is 2.16. The molecule has 0 saturated heterocycles. The minimum Gasteiger partial charge on any atom is -0.384 e. The number of carbonyl (C=O) groups is 2. The molecule has 0 aliphatic rings. The molecule has 2 aromatic rings. The third-order valence-corrected chi connectivity index (χ3v) is 3.70. The van der Waals surface area contributed by atoms with Crippen molar-refractivity contribution in [1.82, 2.24) is 5.32 Å². The highest BCUT2D eigenvalue weighted by molar-refractivity contribution is 5.94. The van der Waals surface area contributed by atoms with E-state index in [4.69, 9.17) is 5.73 Å². The number of amides is 2. The van der Waals surface area contributed by atoms with Crippen molar-refractivity contribution in [2.75, 3.05) is 6.54 Å². The Hall–Kier alpha value is -2.99. The predicted octanol–water partition coefficient (Wildman–Crippen LogP) is 1.96. The summed E-state index contributed by atoms with van der Waals surface area (Å²) < 4.78 is 12.9. The lowest BCUT2D eigenvalue weighted by Gasteiger charge is -2.23. The maximum atomic E-state index is 12.9. The van der Waals surface area contributed by atoms with Gasteiger partial charge in [0.2, 0.25) is 11.8 Å². The van der Waals surface area contributed by atoms with Gasteiger partial charge in [0.25, 0.3) is 0 Å². The van der Waals surface area contributed by atoms with E-state index in [2.05, 4.69) is 5.32 Å². The van der Waals surface area contributed by atoms with Crippen LogP contribution >= 0.6 is 0 Å². The number of rotatable bonds is 6. The standard InChI is InChI=1S/C19H19FN2O3/c1-19(25,15-7-9-16(20)10-8-15)12-22-17(23)11-4-13-2-5-14(6-3-13)18(21)24/h2-11,25H,12H2,1H3,(H2,21,24)(H,22,23)/b11-4+. The Bertz CT molecular complexity index is 781. The van der Waals surface area contributed by atoms with E-state index in [0.29, 0.717) is 11.1 Å². The van der Waals surface area contributed by atoms with Crippen molar-refractivity contribution in [2.24, 2.45) is 5.73 Å². The van der Waals surface area contributed by atoms with Gasteiger partial charge in [-0.1, -0.05) is 24.3 Å². The Morgan fingerprint density at radius 3 is 2.32 bits per heavy atom. The number of halogens is 1. The topological polar surface area (TPSA) is 92.4 Å². The molecule has 0 bridgehead atoms. The maximum absolute atomic E-state index is 12.9. The molecule has 2 amide bonds. The number of aliphatic hydroxyl groups is 1. The lowest BCUT2D eigenvalue weighted by Crippen LogP contribution is -2.37. The summed E-state index contributed by atoms with van der Waals surface area (Å²) >= 11 is 0. The largest absolute Gasteiger partial charge is 0.384 e. The van der Waals surface area contributed by atoms with Crippen LogP contribution in [0.2, 0.25) is 0 Å². The molecule has 0 aliphatic heterocycles. The average molecular weight is 342 g/mol. The lowest BCUT2D eigenvalue weighted by atomic mass is 9.96. The first-order valence-electron chi connectivity index (χ1n) is 7.62. The molecule has 130 valence electrons. The zero-order valence-electron chi connectivity index (χ0n) is 13.7. The van der Waals surface area contributed by atoms with Crippen LogP contribution in [-0.2, 0) is 10.4 Å². The third-order valence-electron chi connectivity index (χ3n) is 3.70. The number of benzene rings is 2. The van der Waals surface area contributed by atoms with Gasteiger partial charge in [-0.05, 0) is 48.4 Å². The van der Waals surface area contributed by atoms with E-state index >= 15 is 0 Å². The SMILES string of the molecule is CC(O)(CNC(=O)/C=C/c1ccc(C(N)=O)cc1)c1ccc(F)cc1. The Kier molecular flexibility index (Phi) is 5.67. The smallest absolute Gasteiger partial charge is 0.248 e. The van der Waals surface area contributed by atoms with Crippen molar-refractivity contribution < 1.29 is 19.1 Å². The van der Waals surface area contributed by atoms with Crippen LogP contribution in [0.15, 0.2) is 54.6 Å². The fraction of sp³-hybridized carbons (Fsp3) is 0.158. The Morgan fingerprint density at radius 1 is 1.16 bits per heavy atom. The van der Waals surface area contributed by atoms with E-state index in [9.17, 15) is 19.1 Å². The molecular weight excluding hydrogens is 323 g/mol. The minimum atomic E-state index is -1.32. The summed E-state index contributed by atoms with van der Waals surface area (Å²) in [4.78, 5) is 22.9. The zero-order valence-corrected chi connectivity index (χ0v) is 13.7. The van der Waals surface area contributed by atoms with Gasteiger partial charge in [-0.25, -0.2) is 4.39 Å². The summed E-state index contributed by atoms with van der Waals surface area (Å²) in [7, 11) is 0. The Balaban J connectivity index is 1.93. The number of hydrogen-bond donors (Lipinski definition) is 3. The van der Waals surface area contributed by atoms with E-state index in [-0.39, 0.29) is 12.5 Å². The van der Waals surface area contributed by atoms with Gasteiger partial charge in [-0.2, -0.15) is 0 Å². The van der Waals surface area contributed by atoms with Gasteiger partial charge in [-0.15, -0.1) is 0 Å². The summed E-state index contributed by atoms with van der Waals surface area (Å²) in [5.74, 6) is -1.30. The summed E-state index contributed by atoms with van der Waals surface area (Å²) in [6.07, 6.45) is 2.90. The zero-order chi connectivity index (χ0) is 18.4. The molecule has 0 radical (unpaired) electrons. The second kappa shape index (κ2) is 7.72. The normalized spacial score (nSPS) is 13.4. The molecule has 0 fully saturated rings. The summed E-state index contributed by atoms with van der Waals surface area (Å²) in [5, 5.41) is 13.0. The first-order chi connectivity index (χ1) is 11.8. The second-order valence-electron chi connectivity index (χ2n) is 5.82. The first-order valence-corrected chi connectivity index (χ1v) is 7.62. The highest BCUT2D eigenvalue weighted by atomic mass is 19.1. The fourth-order valence-corrected chi connectivity index (χ4v) is 2.16. The number of nitrogens with two attached hydrogens (primary N) is 1. The van der Waals surface area contributed by atoms with Crippen LogP contribution in [0.4, 0.5) is 4.39 Å². The van der Waals surface area contributed by atoms with Crippen LogP contribution in [0.3, 0.4) is 0 Å². The molecule has 1 atom stereocenters. The number of carbonyl (C=O) groups excluding carboxylic acids is 2. The van der Waals surface area contributed by atoms with E-state index in [1.165, 1.54) is 37.3 Å². The number of primary amides is 1. The van der Waals surface area contributed by atoms with Crippen LogP contribution in [0, 0.1) is 5.82 Å². The molecule has 0 aromatic heterocycles. The van der Waals surface area contributed by atoms with Crippen molar-refractivity contribution in [3.8, 4) is 0 Å². The lowest BCUT2D eigenvalue weighted by molar-refractivity contribution is -0.117. The number of hydrogen-bond acceptors (Lipinski definition) is 3. The van der Waals surface area contributed by atoms with Gasteiger partial charge in [0.1, 0.15) is 11.4 Å². The van der Waals surface area contributed by atoms with Gasteiger partial charge < -0.3 is 16.2 Å². The van der Waals surface area contributed by atoms with Crippen molar-refractivity contribution in [1.29, 1.82) is 0 Å². The Morgan fingerprint density at radius 2 is 1.76 bits per heavy atom. The van der Waals surface area contributed by atoms with E-state index in [1.54, 1.807) is 30.3 Å². The van der Waals surface area contributed by atoms with Crippen molar-refractivity contribution in [3.05, 3.63) is 77.1 Å². The Labute approximate surface area is 145 Å². The number of nitrogens with one attached hydrogen (secondary N) is 1. The van der Waals surface area contributed by atoms with Crippen molar-refractivity contribution >= 4 is 17.9 Å². The van der Waals surface area contributed by atoms with Crippen LogP contribution in [0.1, 0.15) is 28.4 Å². The van der Waals surface area contributed by atoms with Gasteiger partial charge in [0.05, 0.1) is 6.54 Å². The molecule has 25 heavy (non-hydrogen) atoms. The molecule has 4 N–H and O–H groups in total. The van der Waals surface area contributed by atoms with Gasteiger partial charge in [0.15, 0.2) is 0 Å². The van der Waals surface area contributed by atoms with Crippen LogP contribution in [0.5, 0.6) is 0 Å². The second-order valence-corrected chi connectivity index (χ2v) is 5.82. The molecule has 0 saturated carbocycles. The van der Waals surface area contributed by atoms with E-state index < -0.39 is 17.3 Å². The minimum absolute atomic E-state index is 0.0254. The highest BCUT2D eigenvalue weighted by Gasteiger charge is 2.23. The predicted molar refractivity (Wildman–Crippen MR) is 93.0 cm³/mol. The molecule has 0 spiro atoms. The summed E-state index contributed by atoms with van der Waals surface area (Å²) in [6, 6.07) is 11.9. The van der Waals surface area contributed by atoms with Gasteiger partial charge in [0, 0.05) is 11.6 Å². The van der Waals surface area contributed by atoms with E-state index in [1.807, 2.05) is 0 Å². The van der Waals surface area contributed by atoms with Gasteiger partial charge >= 0.3 is 0 Å². The molecule has 2 rings (SSSR count). The molecule has 2 aromatic carbocycles. The average Bonchev–Trinajstić information content (AvgIpc) is 2.59. The van der Waals surface area contributed by atoms with Crippen LogP contribution in [-0.4, -0.2) is 23.5 Å². The van der Waals surface area contributed by atoms with Crippen LogP contribution < -0.4 is 11.1 Å². The van der Waals surface area contributed by atoms with E-state index in [0.717, 1.165) is 5.56 Å². The molecule has 5 nitrogen and oxygen atoms in total. The molecule has 0 aliphatic carbocycles. The first kappa shape index (κ1) is 18.4. The summed E-state index contributed by atoms with van der Waals surface area (Å²) in [5.41, 5.74) is 5.45. The molecule has 1 unspecified atom stereocenters. The third kappa shape index (κ3) is 5.26. The van der Waals surface area contributed by atoms with Gasteiger partial charge in [-0.3, -0.25) is 9.59 Å². The molecule has 6 heteroatoms. The van der Waals surface area contributed by atoms with Crippen LogP contribution in [0.25, 0.3) is 6.08 Å².